The normalized spacial score (nSPS) is 12.1. The second kappa shape index (κ2) is 11.5. The van der Waals surface area contributed by atoms with Crippen LogP contribution < -0.4 is 10.6 Å². The molecule has 0 spiro atoms. The number of rotatable bonds is 6. The summed E-state index contributed by atoms with van der Waals surface area (Å²) in [6.07, 6.45) is -11.8. The molecule has 0 atom stereocenters. The van der Waals surface area contributed by atoms with Crippen LogP contribution in [0.2, 0.25) is 10.0 Å². The molecule has 0 aromatic heterocycles. The Hall–Kier alpha value is -4.02. The van der Waals surface area contributed by atoms with Gasteiger partial charge in [0, 0.05) is 11.1 Å². The zero-order chi connectivity index (χ0) is 30.0. The maximum atomic E-state index is 14.6. The Morgan fingerprint density at radius 3 is 1.17 bits per heavy atom. The first-order valence-corrected chi connectivity index (χ1v) is 12.5. The number of anilines is 2. The minimum Gasteiger partial charge on any atom is -0.321 e. The lowest BCUT2D eigenvalue weighted by Gasteiger charge is -2.38. The van der Waals surface area contributed by atoms with E-state index in [1.165, 1.54) is 24.3 Å². The van der Waals surface area contributed by atoms with Crippen molar-refractivity contribution in [3.63, 3.8) is 0 Å². The van der Waals surface area contributed by atoms with Gasteiger partial charge < -0.3 is 10.6 Å². The van der Waals surface area contributed by atoms with Gasteiger partial charge in [-0.1, -0.05) is 71.7 Å². The highest BCUT2D eigenvalue weighted by Crippen LogP contribution is 2.57. The topological polar surface area (TPSA) is 58.2 Å². The van der Waals surface area contributed by atoms with Gasteiger partial charge in [0.1, 0.15) is 0 Å². The number of halogens is 8. The first-order chi connectivity index (χ1) is 19.3. The van der Waals surface area contributed by atoms with Crippen molar-refractivity contribution in [1.82, 2.24) is 0 Å². The van der Waals surface area contributed by atoms with Gasteiger partial charge in [0.15, 0.2) is 0 Å². The van der Waals surface area contributed by atoms with Crippen LogP contribution in [0.3, 0.4) is 0 Å². The highest BCUT2D eigenvalue weighted by molar-refractivity contribution is 6.34. The van der Waals surface area contributed by atoms with Crippen molar-refractivity contribution in [2.45, 2.75) is 17.8 Å². The molecule has 2 amide bonds. The molecule has 12 heteroatoms. The molecule has 0 radical (unpaired) electrons. The second-order valence-corrected chi connectivity index (χ2v) is 9.59. The maximum Gasteiger partial charge on any atom is 0.411 e. The molecule has 4 aromatic rings. The van der Waals surface area contributed by atoms with Crippen LogP contribution in [0.25, 0.3) is 0 Å². The summed E-state index contributed by atoms with van der Waals surface area (Å²) in [6.45, 7) is 0. The first-order valence-electron chi connectivity index (χ1n) is 11.7. The molecule has 0 unspecified atom stereocenters. The van der Waals surface area contributed by atoms with E-state index in [0.717, 1.165) is 12.1 Å². The summed E-state index contributed by atoms with van der Waals surface area (Å²) in [5.41, 5.74) is -7.06. The summed E-state index contributed by atoms with van der Waals surface area (Å²) < 4.78 is 87.7. The summed E-state index contributed by atoms with van der Waals surface area (Å²) in [6, 6.07) is 19.4. The Kier molecular flexibility index (Phi) is 8.37. The number of carbonyl (C=O) groups excluding carboxylic acids is 2. The fraction of sp³-hybridized carbons (Fsp3) is 0.103. The smallest absolute Gasteiger partial charge is 0.321 e. The van der Waals surface area contributed by atoms with E-state index in [9.17, 15) is 35.9 Å². The highest BCUT2D eigenvalue weighted by atomic mass is 35.5. The number of amides is 2. The molecule has 4 rings (SSSR count). The Bertz CT molecular complexity index is 1460. The molecule has 0 heterocycles. The van der Waals surface area contributed by atoms with Crippen molar-refractivity contribution >= 4 is 46.4 Å². The van der Waals surface area contributed by atoms with Crippen molar-refractivity contribution in [2.24, 2.45) is 0 Å². The summed E-state index contributed by atoms with van der Waals surface area (Å²) in [7, 11) is 0. The average Bonchev–Trinajstić information content (AvgIpc) is 2.91. The summed E-state index contributed by atoms with van der Waals surface area (Å²) in [4.78, 5) is 24.9. The summed E-state index contributed by atoms with van der Waals surface area (Å²) >= 11 is 12.2. The lowest BCUT2D eigenvalue weighted by Crippen LogP contribution is -2.54. The number of benzene rings is 4. The van der Waals surface area contributed by atoms with Crippen molar-refractivity contribution in [2.75, 3.05) is 10.6 Å². The number of alkyl halides is 6. The van der Waals surface area contributed by atoms with Crippen LogP contribution in [-0.4, -0.2) is 24.2 Å². The third-order valence-electron chi connectivity index (χ3n) is 6.22. The van der Waals surface area contributed by atoms with E-state index in [1.807, 2.05) is 0 Å². The average molecular weight is 611 g/mol. The van der Waals surface area contributed by atoms with E-state index in [1.54, 1.807) is 36.4 Å². The van der Waals surface area contributed by atoms with E-state index in [2.05, 4.69) is 10.6 Å². The van der Waals surface area contributed by atoms with Gasteiger partial charge in [-0.2, -0.15) is 26.3 Å². The lowest BCUT2D eigenvalue weighted by atomic mass is 9.72. The van der Waals surface area contributed by atoms with Gasteiger partial charge >= 0.3 is 12.4 Å². The Morgan fingerprint density at radius 1 is 0.537 bits per heavy atom. The molecule has 0 saturated heterocycles. The monoisotopic (exact) mass is 610 g/mol. The Labute approximate surface area is 239 Å². The SMILES string of the molecule is O=C(Nc1ccc(C(c2ccc(NC(=O)c3ccccc3)c(Cl)c2)(C(F)(F)F)C(F)(F)F)cc1Cl)c1ccccc1. The summed E-state index contributed by atoms with van der Waals surface area (Å²) in [5.74, 6) is -1.34. The van der Waals surface area contributed by atoms with Gasteiger partial charge in [-0.3, -0.25) is 9.59 Å². The summed E-state index contributed by atoms with van der Waals surface area (Å²) in [5, 5.41) is 3.65. The lowest BCUT2D eigenvalue weighted by molar-refractivity contribution is -0.288. The van der Waals surface area contributed by atoms with Crippen LogP contribution >= 0.6 is 23.2 Å². The molecule has 4 aromatic carbocycles. The molecule has 41 heavy (non-hydrogen) atoms. The molecular weight excluding hydrogens is 593 g/mol. The Morgan fingerprint density at radius 2 is 0.878 bits per heavy atom. The van der Waals surface area contributed by atoms with Crippen molar-refractivity contribution in [3.05, 3.63) is 129 Å². The number of hydrogen-bond acceptors (Lipinski definition) is 2. The van der Waals surface area contributed by atoms with Gasteiger partial charge in [-0.25, -0.2) is 0 Å². The molecule has 2 N–H and O–H groups in total. The fourth-order valence-electron chi connectivity index (χ4n) is 4.25. The van der Waals surface area contributed by atoms with Crippen LogP contribution in [-0.2, 0) is 5.41 Å². The van der Waals surface area contributed by atoms with Crippen LogP contribution in [0.1, 0.15) is 31.8 Å². The van der Waals surface area contributed by atoms with Gasteiger partial charge in [0.25, 0.3) is 11.8 Å². The minimum atomic E-state index is -5.92. The minimum absolute atomic E-state index is 0.195. The van der Waals surface area contributed by atoms with Gasteiger partial charge in [-0.15, -0.1) is 0 Å². The zero-order valence-electron chi connectivity index (χ0n) is 20.6. The molecular formula is C29H18Cl2F6N2O2. The highest BCUT2D eigenvalue weighted by Gasteiger charge is 2.72. The quantitative estimate of drug-likeness (QED) is 0.214. The molecule has 4 nitrogen and oxygen atoms in total. The van der Waals surface area contributed by atoms with Crippen LogP contribution in [0.5, 0.6) is 0 Å². The third kappa shape index (κ3) is 5.89. The first kappa shape index (κ1) is 30.0. The van der Waals surface area contributed by atoms with Gasteiger partial charge in [0.2, 0.25) is 5.41 Å². The maximum absolute atomic E-state index is 14.6. The van der Waals surface area contributed by atoms with Crippen molar-refractivity contribution in [3.8, 4) is 0 Å². The standard InChI is InChI=1S/C29H18Cl2F6N2O2/c30-21-15-19(11-13-23(21)38-25(40)17-7-3-1-4-8-17)27(28(32,33)34,29(35,36)37)20-12-14-24(22(31)16-20)39-26(41)18-9-5-2-6-10-18/h1-16H,(H,38,40)(H,39,41). The van der Waals surface area contributed by atoms with E-state index < -0.39 is 50.8 Å². The van der Waals surface area contributed by atoms with Crippen LogP contribution in [0.15, 0.2) is 97.1 Å². The molecule has 0 bridgehead atoms. The van der Waals surface area contributed by atoms with E-state index in [-0.39, 0.29) is 22.5 Å². The molecule has 212 valence electrons. The van der Waals surface area contributed by atoms with E-state index in [0.29, 0.717) is 24.3 Å². The molecule has 0 aliphatic rings. The van der Waals surface area contributed by atoms with Crippen molar-refractivity contribution in [1.29, 1.82) is 0 Å². The van der Waals surface area contributed by atoms with Gasteiger partial charge in [-0.05, 0) is 59.7 Å². The van der Waals surface area contributed by atoms with E-state index in [4.69, 9.17) is 23.2 Å². The Balaban J connectivity index is 1.77. The zero-order valence-corrected chi connectivity index (χ0v) is 22.1. The van der Waals surface area contributed by atoms with Crippen molar-refractivity contribution < 1.29 is 35.9 Å². The fourth-order valence-corrected chi connectivity index (χ4v) is 4.71. The third-order valence-corrected chi connectivity index (χ3v) is 6.85. The largest absolute Gasteiger partial charge is 0.411 e. The molecule has 0 fully saturated rings. The number of carbonyl (C=O) groups is 2. The molecule has 0 aliphatic heterocycles. The second-order valence-electron chi connectivity index (χ2n) is 8.78. The molecule has 0 aliphatic carbocycles. The predicted octanol–water partition coefficient (Wildman–Crippen LogP) is 8.91. The predicted molar refractivity (Wildman–Crippen MR) is 145 cm³/mol. The van der Waals surface area contributed by atoms with Crippen LogP contribution in [0.4, 0.5) is 37.7 Å². The number of nitrogens with one attached hydrogen (secondary N) is 2. The molecule has 0 saturated carbocycles. The van der Waals surface area contributed by atoms with Gasteiger partial charge in [0.05, 0.1) is 21.4 Å². The van der Waals surface area contributed by atoms with Crippen LogP contribution in [0, 0.1) is 0 Å². The van der Waals surface area contributed by atoms with E-state index >= 15 is 0 Å². The number of hydrogen-bond donors (Lipinski definition) is 2.